The van der Waals surface area contributed by atoms with Crippen molar-refractivity contribution in [1.82, 2.24) is 0 Å². The van der Waals surface area contributed by atoms with E-state index in [0.29, 0.717) is 26.2 Å². The zero-order valence-electron chi connectivity index (χ0n) is 26.8. The third kappa shape index (κ3) is 22.2. The molecule has 0 spiro atoms. The van der Waals surface area contributed by atoms with Crippen LogP contribution in [0.2, 0.25) is 0 Å². The van der Waals surface area contributed by atoms with E-state index >= 15 is 0 Å². The fraction of sp³-hybridized carbons (Fsp3) is 0.844. The van der Waals surface area contributed by atoms with Crippen LogP contribution in [0.3, 0.4) is 0 Å². The third-order valence-corrected chi connectivity index (χ3v) is 8.21. The number of phosphoric acid groups is 1. The molecule has 0 aliphatic rings. The quantitative estimate of drug-likeness (QED) is 0.0569. The van der Waals surface area contributed by atoms with Gasteiger partial charge in [-0.25, -0.2) is 9.13 Å². The summed E-state index contributed by atoms with van der Waals surface area (Å²) in [5, 5.41) is 0. The topological polar surface area (TPSA) is 81.3 Å². The summed E-state index contributed by atoms with van der Waals surface area (Å²) in [6.07, 6.45) is 23.8. The SMILES string of the molecule is CCCCCCCCCCCCCCCCOC[C@H](COP(=O)(O)OCCCC[n+]1ccc(N(C)C)cc1)OCC. The Kier molecular flexibility index (Phi) is 23.6. The van der Waals surface area contributed by atoms with E-state index in [9.17, 15) is 9.46 Å². The molecule has 1 rings (SSSR count). The van der Waals surface area contributed by atoms with E-state index in [-0.39, 0.29) is 13.2 Å². The van der Waals surface area contributed by atoms with Crippen LogP contribution >= 0.6 is 7.82 Å². The molecule has 9 heteroatoms. The summed E-state index contributed by atoms with van der Waals surface area (Å²) < 4.78 is 36.1. The zero-order valence-corrected chi connectivity index (χ0v) is 27.7. The molecule has 0 aliphatic heterocycles. The van der Waals surface area contributed by atoms with Gasteiger partial charge in [0.05, 0.1) is 19.8 Å². The predicted octanol–water partition coefficient (Wildman–Crippen LogP) is 7.86. The van der Waals surface area contributed by atoms with Gasteiger partial charge in [-0.1, -0.05) is 90.4 Å². The maximum Gasteiger partial charge on any atom is 0.472 e. The second kappa shape index (κ2) is 25.5. The number of ether oxygens (including phenoxy) is 2. The third-order valence-electron chi connectivity index (χ3n) is 7.23. The molecule has 0 saturated carbocycles. The molecule has 0 amide bonds. The molecule has 1 N–H and O–H groups in total. The highest BCUT2D eigenvalue weighted by Crippen LogP contribution is 2.43. The van der Waals surface area contributed by atoms with Gasteiger partial charge in [0.1, 0.15) is 12.6 Å². The molecular formula is C32H62N2O6P+. The first kappa shape index (κ1) is 38.0. The molecule has 1 aromatic rings. The Morgan fingerprint density at radius 3 is 1.83 bits per heavy atom. The summed E-state index contributed by atoms with van der Waals surface area (Å²) in [6.45, 7) is 6.61. The summed E-state index contributed by atoms with van der Waals surface area (Å²) in [5.74, 6) is 0. The van der Waals surface area contributed by atoms with Gasteiger partial charge >= 0.3 is 7.82 Å². The summed E-state index contributed by atoms with van der Waals surface area (Å²) in [5.41, 5.74) is 1.15. The van der Waals surface area contributed by atoms with Crippen LogP contribution in [0, 0.1) is 0 Å². The van der Waals surface area contributed by atoms with E-state index in [1.165, 1.54) is 83.5 Å². The molecule has 2 atom stereocenters. The van der Waals surface area contributed by atoms with Gasteiger partial charge in [-0.2, -0.15) is 0 Å². The van der Waals surface area contributed by atoms with Gasteiger partial charge in [-0.05, 0) is 19.8 Å². The van der Waals surface area contributed by atoms with Crippen LogP contribution in [-0.2, 0) is 29.6 Å². The average molecular weight is 602 g/mol. The standard InChI is InChI=1S/C32H61N2O6P/c1-5-7-8-9-10-11-12-13-14-15-16-17-18-20-27-37-29-32(38-6-2)30-40-41(35,36)39-28-21-19-24-34-25-22-31(23-26-34)33(3)4/h22-23,25-26,32H,5-21,24,27-30H2,1-4H3/p+1/t32-/m1/s1. The molecule has 8 nitrogen and oxygen atoms in total. The van der Waals surface area contributed by atoms with Gasteiger partial charge in [0.2, 0.25) is 0 Å². The van der Waals surface area contributed by atoms with E-state index in [1.54, 1.807) is 0 Å². The minimum Gasteiger partial charge on any atom is -0.379 e. The van der Waals surface area contributed by atoms with Gasteiger partial charge in [-0.15, -0.1) is 0 Å². The largest absolute Gasteiger partial charge is 0.472 e. The van der Waals surface area contributed by atoms with Crippen LogP contribution in [0.4, 0.5) is 5.69 Å². The van der Waals surface area contributed by atoms with E-state index in [1.807, 2.05) is 33.4 Å². The van der Waals surface area contributed by atoms with Gasteiger partial charge < -0.3 is 19.3 Å². The molecule has 0 saturated heterocycles. The first-order valence-electron chi connectivity index (χ1n) is 16.4. The second-order valence-corrected chi connectivity index (χ2v) is 12.7. The minimum atomic E-state index is -4.12. The molecular weight excluding hydrogens is 539 g/mol. The minimum absolute atomic E-state index is 0.0333. The summed E-state index contributed by atoms with van der Waals surface area (Å²) in [4.78, 5) is 12.1. The Labute approximate surface area is 251 Å². The highest BCUT2D eigenvalue weighted by atomic mass is 31.2. The van der Waals surface area contributed by atoms with Gasteiger partial charge in [0, 0.05) is 51.6 Å². The molecule has 0 bridgehead atoms. The van der Waals surface area contributed by atoms with E-state index in [0.717, 1.165) is 25.1 Å². The number of anilines is 1. The molecule has 41 heavy (non-hydrogen) atoms. The maximum atomic E-state index is 12.3. The van der Waals surface area contributed by atoms with Crippen molar-refractivity contribution in [3.8, 4) is 0 Å². The Balaban J connectivity index is 2.02. The number of pyridine rings is 1. The van der Waals surface area contributed by atoms with Gasteiger partial charge in [-0.3, -0.25) is 9.05 Å². The van der Waals surface area contributed by atoms with E-state index < -0.39 is 13.9 Å². The van der Waals surface area contributed by atoms with Crippen LogP contribution < -0.4 is 9.47 Å². The van der Waals surface area contributed by atoms with Gasteiger partial charge in [0.15, 0.2) is 12.4 Å². The van der Waals surface area contributed by atoms with Crippen molar-refractivity contribution in [2.45, 2.75) is 129 Å². The first-order chi connectivity index (χ1) is 19.9. The van der Waals surface area contributed by atoms with E-state index in [2.05, 4.69) is 28.5 Å². The number of nitrogens with zero attached hydrogens (tertiary/aromatic N) is 2. The summed E-state index contributed by atoms with van der Waals surface area (Å²) in [6, 6.07) is 4.12. The molecule has 240 valence electrons. The molecule has 1 unspecified atom stereocenters. The zero-order chi connectivity index (χ0) is 30.0. The predicted molar refractivity (Wildman–Crippen MR) is 168 cm³/mol. The Bertz CT molecular complexity index is 765. The molecule has 0 aromatic carbocycles. The number of hydrogen-bond donors (Lipinski definition) is 1. The molecule has 1 aromatic heterocycles. The highest BCUT2D eigenvalue weighted by Gasteiger charge is 2.23. The van der Waals surface area contributed by atoms with Crippen LogP contribution in [0.1, 0.15) is 117 Å². The number of aryl methyl sites for hydroxylation is 1. The fourth-order valence-electron chi connectivity index (χ4n) is 4.68. The number of phosphoric ester groups is 1. The van der Waals surface area contributed by atoms with Crippen molar-refractivity contribution >= 4 is 13.5 Å². The van der Waals surface area contributed by atoms with Crippen LogP contribution in [0.15, 0.2) is 24.5 Å². The maximum absolute atomic E-state index is 12.3. The lowest BCUT2D eigenvalue weighted by Gasteiger charge is -2.19. The number of aromatic nitrogens is 1. The first-order valence-corrected chi connectivity index (χ1v) is 17.8. The molecule has 1 heterocycles. The Hall–Kier alpha value is -1.02. The van der Waals surface area contributed by atoms with Gasteiger partial charge in [0.25, 0.3) is 0 Å². The van der Waals surface area contributed by atoms with Crippen molar-refractivity contribution in [3.05, 3.63) is 24.5 Å². The average Bonchev–Trinajstić information content (AvgIpc) is 2.95. The smallest absolute Gasteiger partial charge is 0.379 e. The Morgan fingerprint density at radius 2 is 1.29 bits per heavy atom. The van der Waals surface area contributed by atoms with Crippen molar-refractivity contribution in [2.75, 3.05) is 52.0 Å². The van der Waals surface area contributed by atoms with Crippen LogP contribution in [0.25, 0.3) is 0 Å². The number of rotatable bonds is 29. The van der Waals surface area contributed by atoms with Crippen LogP contribution in [0.5, 0.6) is 0 Å². The monoisotopic (exact) mass is 601 g/mol. The summed E-state index contributed by atoms with van der Waals surface area (Å²) >= 11 is 0. The normalized spacial score (nSPS) is 13.8. The molecule has 0 fully saturated rings. The van der Waals surface area contributed by atoms with Crippen molar-refractivity contribution in [3.63, 3.8) is 0 Å². The second-order valence-electron chi connectivity index (χ2n) is 11.2. The lowest BCUT2D eigenvalue weighted by Crippen LogP contribution is -2.33. The molecule has 0 aliphatic carbocycles. The number of hydrogen-bond acceptors (Lipinski definition) is 6. The Morgan fingerprint density at radius 1 is 0.756 bits per heavy atom. The van der Waals surface area contributed by atoms with Crippen molar-refractivity contribution in [2.24, 2.45) is 0 Å². The van der Waals surface area contributed by atoms with Crippen molar-refractivity contribution in [1.29, 1.82) is 0 Å². The molecule has 0 radical (unpaired) electrons. The fourth-order valence-corrected chi connectivity index (χ4v) is 5.47. The lowest BCUT2D eigenvalue weighted by atomic mass is 10.0. The van der Waals surface area contributed by atoms with Crippen LogP contribution in [-0.4, -0.2) is 58.1 Å². The number of unbranched alkanes of at least 4 members (excludes halogenated alkanes) is 14. The van der Waals surface area contributed by atoms with E-state index in [4.69, 9.17) is 18.5 Å². The van der Waals surface area contributed by atoms with Crippen molar-refractivity contribution < 1.29 is 32.5 Å². The lowest BCUT2D eigenvalue weighted by molar-refractivity contribution is -0.697. The summed E-state index contributed by atoms with van der Waals surface area (Å²) in [7, 11) is -0.101. The highest BCUT2D eigenvalue weighted by molar-refractivity contribution is 7.47.